The highest BCUT2D eigenvalue weighted by Crippen LogP contribution is 2.44. The summed E-state index contributed by atoms with van der Waals surface area (Å²) in [6.07, 6.45) is 0. The van der Waals surface area contributed by atoms with Crippen LogP contribution in [0.15, 0.2) is 71.0 Å². The van der Waals surface area contributed by atoms with Crippen LogP contribution in [-0.4, -0.2) is 86.9 Å². The van der Waals surface area contributed by atoms with Gasteiger partial charge >= 0.3 is 11.9 Å². The molecule has 3 heterocycles. The quantitative estimate of drug-likeness (QED) is 0.226. The zero-order valence-corrected chi connectivity index (χ0v) is 23.3. The Kier molecular flexibility index (Phi) is 8.10. The summed E-state index contributed by atoms with van der Waals surface area (Å²) in [6.45, 7) is -0.197. The second-order valence-corrected chi connectivity index (χ2v) is 11.3. The first-order valence-corrected chi connectivity index (χ1v) is 14.4. The van der Waals surface area contributed by atoms with Gasteiger partial charge in [-0.05, 0) is 33.2 Å². The van der Waals surface area contributed by atoms with Crippen molar-refractivity contribution in [3.8, 4) is 0 Å². The highest BCUT2D eigenvalue weighted by Gasteiger charge is 2.57. The fourth-order valence-electron chi connectivity index (χ4n) is 4.77. The molecule has 2 aliphatic heterocycles. The minimum atomic E-state index is -1.26. The van der Waals surface area contributed by atoms with Crippen LogP contribution in [0.5, 0.6) is 0 Å². The van der Waals surface area contributed by atoms with Crippen molar-refractivity contribution in [2.75, 3.05) is 11.5 Å². The first-order chi connectivity index (χ1) is 19.7. The number of tetrazole rings is 1. The molecule has 0 aliphatic carbocycles. The lowest BCUT2D eigenvalue weighted by Crippen LogP contribution is -2.71. The number of thioether (sulfide) groups is 2. The van der Waals surface area contributed by atoms with Gasteiger partial charge in [-0.2, -0.15) is 0 Å². The van der Waals surface area contributed by atoms with E-state index in [0.717, 1.165) is 0 Å². The average molecular weight is 596 g/mol. The number of nitrogens with zero attached hydrogens (tertiary/aromatic N) is 6. The number of hydrogen-bond donors (Lipinski definition) is 3. The maximum atomic E-state index is 13.8. The van der Waals surface area contributed by atoms with Crippen LogP contribution in [0.1, 0.15) is 27.5 Å². The van der Waals surface area contributed by atoms with E-state index in [0.29, 0.717) is 27.6 Å². The van der Waals surface area contributed by atoms with E-state index >= 15 is 0 Å². The van der Waals surface area contributed by atoms with Crippen molar-refractivity contribution in [2.24, 2.45) is 12.8 Å². The molecule has 1 fully saturated rings. The number of β-lactam (4-membered cyclic amide) rings is 1. The normalized spacial score (nSPS) is 18.9. The molecular formula is C26H25N7O6S2. The highest BCUT2D eigenvalue weighted by molar-refractivity contribution is 8.01. The number of carboxylic acids is 2. The minimum Gasteiger partial charge on any atom is -0.478 e. The molecule has 212 valence electrons. The number of aromatic carboxylic acids is 1. The van der Waals surface area contributed by atoms with E-state index in [1.54, 1.807) is 55.6 Å². The van der Waals surface area contributed by atoms with Crippen LogP contribution < -0.4 is 5.73 Å². The van der Waals surface area contributed by atoms with Crippen LogP contribution in [0.4, 0.5) is 0 Å². The molecule has 2 aliphatic rings. The predicted octanol–water partition coefficient (Wildman–Crippen LogP) is 1.35. The largest absolute Gasteiger partial charge is 0.478 e. The number of carboxylic acid groups (broad SMARTS) is 2. The van der Waals surface area contributed by atoms with Crippen LogP contribution in [0.3, 0.4) is 0 Å². The van der Waals surface area contributed by atoms with Gasteiger partial charge in [-0.25, -0.2) is 14.3 Å². The van der Waals surface area contributed by atoms with Crippen molar-refractivity contribution in [2.45, 2.75) is 29.2 Å². The van der Waals surface area contributed by atoms with Crippen molar-refractivity contribution in [1.29, 1.82) is 0 Å². The van der Waals surface area contributed by atoms with Crippen LogP contribution >= 0.6 is 23.5 Å². The molecule has 1 aromatic heterocycles. The number of benzene rings is 2. The third kappa shape index (κ3) is 5.42. The Bertz CT molecular complexity index is 1550. The summed E-state index contributed by atoms with van der Waals surface area (Å²) < 4.78 is 1.46. The monoisotopic (exact) mass is 595 g/mol. The van der Waals surface area contributed by atoms with E-state index in [9.17, 15) is 29.4 Å². The number of fused-ring (bicyclic) bond motifs is 1. The van der Waals surface area contributed by atoms with E-state index in [4.69, 9.17) is 5.73 Å². The van der Waals surface area contributed by atoms with Gasteiger partial charge in [0.2, 0.25) is 11.1 Å². The molecule has 41 heavy (non-hydrogen) atoms. The van der Waals surface area contributed by atoms with Crippen molar-refractivity contribution in [3.63, 3.8) is 0 Å². The molecule has 0 spiro atoms. The summed E-state index contributed by atoms with van der Waals surface area (Å²) in [4.78, 5) is 54.3. The standard InChI is InChI=1S/C26H25N7O6S2/c1-31-26(28-29-30-31)41-13-16-12-40-23-20(22(35)33(23)19(16)25(38)39)32(11-15-9-5-6-10-17(15)24(36)37)21(34)18(27)14-7-3-2-4-8-14/h2-10,18,20,23H,11-13,27H2,1H3,(H,36,37)(H,38,39)/t18-,20?,23-/m1/s1. The van der Waals surface area contributed by atoms with Crippen LogP contribution in [0.2, 0.25) is 0 Å². The first kappa shape index (κ1) is 28.3. The minimum absolute atomic E-state index is 0.0118. The Balaban J connectivity index is 1.47. The van der Waals surface area contributed by atoms with Gasteiger partial charge in [-0.15, -0.1) is 16.9 Å². The molecule has 4 N–H and O–H groups in total. The van der Waals surface area contributed by atoms with Crippen molar-refractivity contribution >= 4 is 47.3 Å². The number of aryl methyl sites for hydroxylation is 1. The smallest absolute Gasteiger partial charge is 0.352 e. The molecule has 1 unspecified atom stereocenters. The first-order valence-electron chi connectivity index (χ1n) is 12.4. The van der Waals surface area contributed by atoms with Crippen molar-refractivity contribution in [3.05, 3.63) is 82.6 Å². The van der Waals surface area contributed by atoms with Crippen LogP contribution in [0, 0.1) is 0 Å². The third-order valence-electron chi connectivity index (χ3n) is 6.81. The van der Waals surface area contributed by atoms with Gasteiger partial charge < -0.3 is 20.8 Å². The van der Waals surface area contributed by atoms with Gasteiger partial charge in [0, 0.05) is 25.1 Å². The van der Waals surface area contributed by atoms with Gasteiger partial charge in [0.15, 0.2) is 0 Å². The van der Waals surface area contributed by atoms with E-state index in [2.05, 4.69) is 15.5 Å². The topological polar surface area (TPSA) is 185 Å². The molecule has 15 heteroatoms. The Morgan fingerprint density at radius 2 is 1.83 bits per heavy atom. The van der Waals surface area contributed by atoms with Crippen LogP contribution in [-0.2, 0) is 28.0 Å². The van der Waals surface area contributed by atoms with E-state index in [-0.39, 0.29) is 23.6 Å². The van der Waals surface area contributed by atoms with Gasteiger partial charge in [-0.3, -0.25) is 14.5 Å². The fourth-order valence-corrected chi connectivity index (χ4v) is 7.17. The molecule has 13 nitrogen and oxygen atoms in total. The Labute approximate surface area is 242 Å². The van der Waals surface area contributed by atoms with Crippen molar-refractivity contribution in [1.82, 2.24) is 30.0 Å². The zero-order valence-electron chi connectivity index (χ0n) is 21.7. The molecule has 3 aromatic rings. The molecule has 0 saturated carbocycles. The molecule has 0 radical (unpaired) electrons. The van der Waals surface area contributed by atoms with Gasteiger partial charge in [0.25, 0.3) is 5.91 Å². The summed E-state index contributed by atoms with van der Waals surface area (Å²) in [5.41, 5.74) is 7.58. The number of aromatic nitrogens is 4. The van der Waals surface area contributed by atoms with E-state index in [1.807, 2.05) is 0 Å². The molecule has 1 saturated heterocycles. The number of rotatable bonds is 10. The second-order valence-electron chi connectivity index (χ2n) is 9.30. The average Bonchev–Trinajstić information content (AvgIpc) is 3.39. The Morgan fingerprint density at radius 3 is 2.49 bits per heavy atom. The number of aliphatic carboxylic acids is 1. The van der Waals surface area contributed by atoms with Crippen LogP contribution in [0.25, 0.3) is 0 Å². The maximum absolute atomic E-state index is 13.8. The number of nitrogens with two attached hydrogens (primary N) is 1. The van der Waals surface area contributed by atoms with E-state index < -0.39 is 41.2 Å². The summed E-state index contributed by atoms with van der Waals surface area (Å²) in [5, 5.41) is 30.8. The lowest BCUT2D eigenvalue weighted by molar-refractivity contribution is -0.161. The number of carbonyl (C=O) groups excluding carboxylic acids is 2. The molecular weight excluding hydrogens is 570 g/mol. The Hall–Kier alpha value is -4.21. The molecule has 5 rings (SSSR count). The third-order valence-corrected chi connectivity index (χ3v) is 9.23. The van der Waals surface area contributed by atoms with Gasteiger partial charge in [0.1, 0.15) is 23.2 Å². The molecule has 3 atom stereocenters. The van der Waals surface area contributed by atoms with Gasteiger partial charge in [-0.1, -0.05) is 60.3 Å². The fraction of sp³-hybridized carbons (Fsp3) is 0.269. The lowest BCUT2D eigenvalue weighted by Gasteiger charge is -2.53. The lowest BCUT2D eigenvalue weighted by atomic mass is 9.97. The summed E-state index contributed by atoms with van der Waals surface area (Å²) in [5.74, 6) is -3.05. The zero-order chi connectivity index (χ0) is 29.3. The molecule has 2 aromatic carbocycles. The molecule has 0 bridgehead atoms. The molecule has 2 amide bonds. The SMILES string of the molecule is Cn1nnnc1SCC1=C(C(=O)O)N2C(=O)C(N(Cc3ccccc3C(=O)O)C(=O)[C@H](N)c3ccccc3)[C@H]2SC1. The summed E-state index contributed by atoms with van der Waals surface area (Å²) >= 11 is 2.58. The predicted molar refractivity (Wildman–Crippen MR) is 148 cm³/mol. The Morgan fingerprint density at radius 1 is 1.12 bits per heavy atom. The van der Waals surface area contributed by atoms with Crippen molar-refractivity contribution < 1.29 is 29.4 Å². The number of hydrogen-bond acceptors (Lipinski definition) is 10. The highest BCUT2D eigenvalue weighted by atomic mass is 32.2. The number of amides is 2. The maximum Gasteiger partial charge on any atom is 0.352 e. The van der Waals surface area contributed by atoms with Gasteiger partial charge in [0.05, 0.1) is 5.56 Å². The second kappa shape index (κ2) is 11.7. The summed E-state index contributed by atoms with van der Waals surface area (Å²) in [7, 11) is 1.66. The van der Waals surface area contributed by atoms with E-state index in [1.165, 1.54) is 44.1 Å². The number of carbonyl (C=O) groups is 4. The summed E-state index contributed by atoms with van der Waals surface area (Å²) in [6, 6.07) is 12.7.